The van der Waals surface area contributed by atoms with Gasteiger partial charge in [0.1, 0.15) is 0 Å². The molecule has 0 spiro atoms. The van der Waals surface area contributed by atoms with Gasteiger partial charge in [0, 0.05) is 35.9 Å². The monoisotopic (exact) mass is 327 g/mol. The molecule has 3 N–H and O–H groups in total. The molecule has 1 unspecified atom stereocenters. The largest absolute Gasteiger partial charge is 0.409 e. The van der Waals surface area contributed by atoms with Gasteiger partial charge in [-0.05, 0) is 47.0 Å². The summed E-state index contributed by atoms with van der Waals surface area (Å²) in [5.74, 6) is 0.104. The number of amidine groups is 1. The lowest BCUT2D eigenvalue weighted by Crippen LogP contribution is -2.39. The molecule has 5 nitrogen and oxygen atoms in total. The Bertz CT molecular complexity index is 479. The Labute approximate surface area is 121 Å². The summed E-state index contributed by atoms with van der Waals surface area (Å²) < 4.78 is 6.25. The summed E-state index contributed by atoms with van der Waals surface area (Å²) >= 11 is 3.46. The van der Waals surface area contributed by atoms with E-state index in [9.17, 15) is 0 Å². The second-order valence-electron chi connectivity index (χ2n) is 4.60. The summed E-state index contributed by atoms with van der Waals surface area (Å²) in [4.78, 5) is 2.29. The van der Waals surface area contributed by atoms with Crippen molar-refractivity contribution in [1.29, 1.82) is 0 Å². The Hall–Kier alpha value is -1.27. The second-order valence-corrected chi connectivity index (χ2v) is 5.45. The summed E-state index contributed by atoms with van der Waals surface area (Å²) in [5, 5.41) is 11.7. The minimum absolute atomic E-state index is 0.104. The number of nitrogens with zero attached hydrogens (tertiary/aromatic N) is 2. The molecule has 0 amide bonds. The van der Waals surface area contributed by atoms with Crippen molar-refractivity contribution in [3.63, 3.8) is 0 Å². The van der Waals surface area contributed by atoms with E-state index in [1.165, 1.54) is 0 Å². The third-order valence-electron chi connectivity index (χ3n) is 3.41. The highest BCUT2D eigenvalue weighted by molar-refractivity contribution is 9.10. The van der Waals surface area contributed by atoms with Crippen LogP contribution in [0.25, 0.3) is 0 Å². The molecule has 0 aliphatic carbocycles. The summed E-state index contributed by atoms with van der Waals surface area (Å²) in [6, 6.07) is 5.83. The molecule has 1 aromatic carbocycles. The molecule has 1 atom stereocenters. The molecular weight excluding hydrogens is 310 g/mol. The lowest BCUT2D eigenvalue weighted by Gasteiger charge is -2.33. The molecule has 19 heavy (non-hydrogen) atoms. The summed E-state index contributed by atoms with van der Waals surface area (Å²) in [7, 11) is 1.76. The molecule has 0 bridgehead atoms. The highest BCUT2D eigenvalue weighted by Crippen LogP contribution is 2.26. The Balaban J connectivity index is 2.20. The van der Waals surface area contributed by atoms with E-state index in [2.05, 4.69) is 26.0 Å². The van der Waals surface area contributed by atoms with Gasteiger partial charge in [0.2, 0.25) is 0 Å². The SMILES string of the molecule is COC1CCCN(c2ccc(/C(N)=N/O)c(Br)c2)C1. The zero-order valence-electron chi connectivity index (χ0n) is 10.8. The zero-order chi connectivity index (χ0) is 13.8. The quantitative estimate of drug-likeness (QED) is 0.386. The van der Waals surface area contributed by atoms with Crippen molar-refractivity contribution in [2.45, 2.75) is 18.9 Å². The van der Waals surface area contributed by atoms with Crippen molar-refractivity contribution in [3.8, 4) is 0 Å². The van der Waals surface area contributed by atoms with E-state index in [0.717, 1.165) is 36.1 Å². The number of halogens is 1. The fourth-order valence-corrected chi connectivity index (χ4v) is 2.90. The zero-order valence-corrected chi connectivity index (χ0v) is 12.4. The number of benzene rings is 1. The van der Waals surface area contributed by atoms with Crippen LogP contribution in [0.1, 0.15) is 18.4 Å². The van der Waals surface area contributed by atoms with Gasteiger partial charge in [0.25, 0.3) is 0 Å². The molecule has 1 heterocycles. The first-order chi connectivity index (χ1) is 9.15. The van der Waals surface area contributed by atoms with Gasteiger partial charge >= 0.3 is 0 Å². The van der Waals surface area contributed by atoms with Gasteiger partial charge in [-0.15, -0.1) is 0 Å². The molecule has 1 saturated heterocycles. The summed E-state index contributed by atoms with van der Waals surface area (Å²) in [6.45, 7) is 1.92. The Morgan fingerprint density at radius 1 is 1.58 bits per heavy atom. The summed E-state index contributed by atoms with van der Waals surface area (Å²) in [6.07, 6.45) is 2.52. The third kappa shape index (κ3) is 3.19. The van der Waals surface area contributed by atoms with Crippen molar-refractivity contribution in [2.24, 2.45) is 10.9 Å². The van der Waals surface area contributed by atoms with Crippen LogP contribution in [0.3, 0.4) is 0 Å². The van der Waals surface area contributed by atoms with Crippen molar-refractivity contribution in [3.05, 3.63) is 28.2 Å². The van der Waals surface area contributed by atoms with Gasteiger partial charge < -0.3 is 20.6 Å². The van der Waals surface area contributed by atoms with Gasteiger partial charge in [-0.3, -0.25) is 0 Å². The molecule has 1 aliphatic rings. The fourth-order valence-electron chi connectivity index (χ4n) is 2.33. The van der Waals surface area contributed by atoms with Gasteiger partial charge in [-0.25, -0.2) is 0 Å². The normalized spacial score (nSPS) is 20.6. The molecule has 1 aliphatic heterocycles. The van der Waals surface area contributed by atoms with Crippen LogP contribution in [0.5, 0.6) is 0 Å². The van der Waals surface area contributed by atoms with Crippen LogP contribution in [0.4, 0.5) is 5.69 Å². The smallest absolute Gasteiger partial charge is 0.171 e. The van der Waals surface area contributed by atoms with Gasteiger partial charge in [0.05, 0.1) is 6.10 Å². The highest BCUT2D eigenvalue weighted by Gasteiger charge is 2.20. The fraction of sp³-hybridized carbons (Fsp3) is 0.462. The molecule has 1 fully saturated rings. The van der Waals surface area contributed by atoms with Crippen LogP contribution in [-0.2, 0) is 4.74 Å². The van der Waals surface area contributed by atoms with Crippen LogP contribution < -0.4 is 10.6 Å². The molecular formula is C13H18BrN3O2. The van der Waals surface area contributed by atoms with Crippen LogP contribution in [0, 0.1) is 0 Å². The highest BCUT2D eigenvalue weighted by atomic mass is 79.9. The van der Waals surface area contributed by atoms with Crippen LogP contribution >= 0.6 is 15.9 Å². The summed E-state index contributed by atoms with van der Waals surface area (Å²) in [5.41, 5.74) is 7.40. The topological polar surface area (TPSA) is 71.1 Å². The number of methoxy groups -OCH3 is 1. The van der Waals surface area contributed by atoms with Gasteiger partial charge in [-0.1, -0.05) is 5.16 Å². The lowest BCUT2D eigenvalue weighted by molar-refractivity contribution is 0.0893. The standard InChI is InChI=1S/C13H18BrN3O2/c1-19-10-3-2-6-17(8-10)9-4-5-11(12(14)7-9)13(15)16-18/h4-5,7,10,18H,2-3,6,8H2,1H3,(H2,15,16). The Morgan fingerprint density at radius 2 is 2.37 bits per heavy atom. The third-order valence-corrected chi connectivity index (χ3v) is 4.07. The molecule has 2 rings (SSSR count). The minimum Gasteiger partial charge on any atom is -0.409 e. The van der Waals surface area contributed by atoms with Crippen LogP contribution in [-0.4, -0.2) is 37.3 Å². The number of rotatable bonds is 3. The average molecular weight is 328 g/mol. The number of piperidine rings is 1. The molecule has 0 saturated carbocycles. The van der Waals surface area contributed by atoms with E-state index in [0.29, 0.717) is 5.56 Å². The maximum atomic E-state index is 8.71. The van der Waals surface area contributed by atoms with E-state index in [4.69, 9.17) is 15.7 Å². The van der Waals surface area contributed by atoms with Crippen molar-refractivity contribution in [2.75, 3.05) is 25.1 Å². The number of hydrogen-bond donors (Lipinski definition) is 2. The molecule has 0 aromatic heterocycles. The number of anilines is 1. The predicted octanol–water partition coefficient (Wildman–Crippen LogP) is 2.16. The van der Waals surface area contributed by atoms with Crippen LogP contribution in [0.2, 0.25) is 0 Å². The Kier molecular flexibility index (Phi) is 4.66. The minimum atomic E-state index is 0.104. The first-order valence-corrected chi connectivity index (χ1v) is 7.00. The number of nitrogens with two attached hydrogens (primary N) is 1. The van der Waals surface area contributed by atoms with E-state index in [1.54, 1.807) is 7.11 Å². The van der Waals surface area contributed by atoms with Crippen LogP contribution in [0.15, 0.2) is 27.8 Å². The van der Waals surface area contributed by atoms with E-state index in [1.807, 2.05) is 18.2 Å². The molecule has 104 valence electrons. The average Bonchev–Trinajstić information content (AvgIpc) is 2.46. The second kappa shape index (κ2) is 6.25. The van der Waals surface area contributed by atoms with E-state index < -0.39 is 0 Å². The van der Waals surface area contributed by atoms with Crippen molar-refractivity contribution in [1.82, 2.24) is 0 Å². The van der Waals surface area contributed by atoms with Crippen molar-refractivity contribution >= 4 is 27.5 Å². The first-order valence-electron chi connectivity index (χ1n) is 6.21. The van der Waals surface area contributed by atoms with Gasteiger partial charge in [0.15, 0.2) is 5.84 Å². The number of oxime groups is 1. The number of ether oxygens (including phenoxy) is 1. The van der Waals surface area contributed by atoms with E-state index >= 15 is 0 Å². The Morgan fingerprint density at radius 3 is 3.00 bits per heavy atom. The maximum absolute atomic E-state index is 8.71. The predicted molar refractivity (Wildman–Crippen MR) is 78.9 cm³/mol. The lowest BCUT2D eigenvalue weighted by atomic mass is 10.1. The molecule has 1 aromatic rings. The molecule has 6 heteroatoms. The van der Waals surface area contributed by atoms with E-state index in [-0.39, 0.29) is 11.9 Å². The number of hydrogen-bond acceptors (Lipinski definition) is 4. The maximum Gasteiger partial charge on any atom is 0.171 e. The first kappa shape index (κ1) is 14.1. The van der Waals surface area contributed by atoms with Crippen molar-refractivity contribution < 1.29 is 9.94 Å². The van der Waals surface area contributed by atoms with Gasteiger partial charge in [-0.2, -0.15) is 0 Å². The molecule has 0 radical (unpaired) electrons.